The molecule has 0 aromatic heterocycles. The van der Waals surface area contributed by atoms with Crippen molar-refractivity contribution in [2.24, 2.45) is 0 Å². The van der Waals surface area contributed by atoms with Gasteiger partial charge in [0.2, 0.25) is 5.91 Å². The standard InChI is InChI=1S/C14H19N3O5/c18-12(15-7-4-8-16-13(19)20)9-17-14(21)22-10-11-5-2-1-3-6-11/h1-3,5-6,16H,4,7-10H2,(H,15,18)(H,17,21)(H,19,20). The van der Waals surface area contributed by atoms with Crippen LogP contribution in [0, 0.1) is 0 Å². The van der Waals surface area contributed by atoms with E-state index in [1.807, 2.05) is 30.3 Å². The summed E-state index contributed by atoms with van der Waals surface area (Å²) in [6, 6.07) is 9.18. The molecule has 120 valence electrons. The van der Waals surface area contributed by atoms with Crippen LogP contribution in [0.3, 0.4) is 0 Å². The highest BCUT2D eigenvalue weighted by atomic mass is 16.5. The Hall–Kier alpha value is -2.77. The van der Waals surface area contributed by atoms with Crippen LogP contribution in [-0.2, 0) is 16.1 Å². The van der Waals surface area contributed by atoms with Gasteiger partial charge < -0.3 is 25.8 Å². The topological polar surface area (TPSA) is 117 Å². The molecule has 0 unspecified atom stereocenters. The van der Waals surface area contributed by atoms with Crippen molar-refractivity contribution in [3.8, 4) is 0 Å². The molecule has 0 heterocycles. The third-order valence-electron chi connectivity index (χ3n) is 2.56. The van der Waals surface area contributed by atoms with Crippen LogP contribution in [0.25, 0.3) is 0 Å². The first-order chi connectivity index (χ1) is 10.6. The van der Waals surface area contributed by atoms with E-state index < -0.39 is 12.2 Å². The second-order valence-electron chi connectivity index (χ2n) is 4.35. The summed E-state index contributed by atoms with van der Waals surface area (Å²) in [6.07, 6.45) is -1.31. The quantitative estimate of drug-likeness (QED) is 0.527. The number of alkyl carbamates (subject to hydrolysis) is 1. The van der Waals surface area contributed by atoms with Gasteiger partial charge in [0, 0.05) is 13.1 Å². The van der Waals surface area contributed by atoms with Gasteiger partial charge in [-0.3, -0.25) is 4.79 Å². The van der Waals surface area contributed by atoms with E-state index in [1.54, 1.807) is 0 Å². The second kappa shape index (κ2) is 10.0. The lowest BCUT2D eigenvalue weighted by Gasteiger charge is -2.08. The lowest BCUT2D eigenvalue weighted by molar-refractivity contribution is -0.120. The van der Waals surface area contributed by atoms with Gasteiger partial charge in [-0.2, -0.15) is 0 Å². The van der Waals surface area contributed by atoms with Gasteiger partial charge in [0.05, 0.1) is 6.54 Å². The van der Waals surface area contributed by atoms with Gasteiger partial charge in [0.15, 0.2) is 0 Å². The van der Waals surface area contributed by atoms with Crippen LogP contribution in [0.15, 0.2) is 30.3 Å². The van der Waals surface area contributed by atoms with Crippen molar-refractivity contribution < 1.29 is 24.2 Å². The Morgan fingerprint density at radius 1 is 1.00 bits per heavy atom. The zero-order chi connectivity index (χ0) is 16.2. The first-order valence-corrected chi connectivity index (χ1v) is 6.76. The highest BCUT2D eigenvalue weighted by Gasteiger charge is 2.06. The summed E-state index contributed by atoms with van der Waals surface area (Å²) in [5.41, 5.74) is 0.855. The SMILES string of the molecule is O=C(O)NCCCNC(=O)CNC(=O)OCc1ccccc1. The van der Waals surface area contributed by atoms with E-state index in [2.05, 4.69) is 16.0 Å². The van der Waals surface area contributed by atoms with Crippen LogP contribution in [0.1, 0.15) is 12.0 Å². The van der Waals surface area contributed by atoms with Gasteiger partial charge in [-0.25, -0.2) is 9.59 Å². The maximum absolute atomic E-state index is 11.4. The zero-order valence-corrected chi connectivity index (χ0v) is 12.0. The summed E-state index contributed by atoms with van der Waals surface area (Å²) in [5, 5.41) is 15.4. The molecule has 0 atom stereocenters. The van der Waals surface area contributed by atoms with Crippen LogP contribution in [0.4, 0.5) is 9.59 Å². The van der Waals surface area contributed by atoms with Crippen molar-refractivity contribution in [1.82, 2.24) is 16.0 Å². The average molecular weight is 309 g/mol. The highest BCUT2D eigenvalue weighted by molar-refractivity contribution is 5.82. The van der Waals surface area contributed by atoms with Crippen molar-refractivity contribution in [2.75, 3.05) is 19.6 Å². The van der Waals surface area contributed by atoms with E-state index >= 15 is 0 Å². The molecule has 1 aromatic rings. The highest BCUT2D eigenvalue weighted by Crippen LogP contribution is 2.00. The molecule has 0 radical (unpaired) electrons. The molecule has 1 aromatic carbocycles. The van der Waals surface area contributed by atoms with Gasteiger partial charge in [0.1, 0.15) is 6.61 Å². The molecular weight excluding hydrogens is 290 g/mol. The van der Waals surface area contributed by atoms with Gasteiger partial charge in [0.25, 0.3) is 0 Å². The number of amides is 3. The Bertz CT molecular complexity index is 493. The van der Waals surface area contributed by atoms with Gasteiger partial charge in [-0.05, 0) is 12.0 Å². The Morgan fingerprint density at radius 3 is 2.36 bits per heavy atom. The molecule has 0 aliphatic carbocycles. The maximum Gasteiger partial charge on any atom is 0.407 e. The summed E-state index contributed by atoms with van der Waals surface area (Å²) < 4.78 is 4.94. The van der Waals surface area contributed by atoms with E-state index in [-0.39, 0.29) is 25.6 Å². The summed E-state index contributed by atoms with van der Waals surface area (Å²) in [4.78, 5) is 33.0. The van der Waals surface area contributed by atoms with Crippen molar-refractivity contribution in [1.29, 1.82) is 0 Å². The molecule has 4 N–H and O–H groups in total. The fourth-order valence-corrected chi connectivity index (χ4v) is 1.50. The van der Waals surface area contributed by atoms with Crippen molar-refractivity contribution in [3.63, 3.8) is 0 Å². The molecule has 8 nitrogen and oxygen atoms in total. The number of ether oxygens (including phenoxy) is 1. The van der Waals surface area contributed by atoms with Crippen molar-refractivity contribution in [2.45, 2.75) is 13.0 Å². The molecule has 0 fully saturated rings. The van der Waals surface area contributed by atoms with Crippen molar-refractivity contribution >= 4 is 18.1 Å². The minimum Gasteiger partial charge on any atom is -0.465 e. The monoisotopic (exact) mass is 309 g/mol. The Kier molecular flexibility index (Phi) is 7.88. The summed E-state index contributed by atoms with van der Waals surface area (Å²) in [5.74, 6) is -0.369. The number of hydrogen-bond donors (Lipinski definition) is 4. The van der Waals surface area contributed by atoms with Crippen LogP contribution in [-0.4, -0.2) is 42.8 Å². The molecule has 3 amide bonds. The summed E-state index contributed by atoms with van der Waals surface area (Å²) >= 11 is 0. The average Bonchev–Trinajstić information content (AvgIpc) is 2.51. The van der Waals surface area contributed by atoms with E-state index in [0.717, 1.165) is 5.56 Å². The second-order valence-corrected chi connectivity index (χ2v) is 4.35. The predicted octanol–water partition coefficient (Wildman–Crippen LogP) is 0.687. The first kappa shape index (κ1) is 17.3. The van der Waals surface area contributed by atoms with Crippen LogP contribution < -0.4 is 16.0 Å². The zero-order valence-electron chi connectivity index (χ0n) is 12.0. The molecule has 0 aliphatic heterocycles. The van der Waals surface area contributed by atoms with Crippen LogP contribution in [0.5, 0.6) is 0 Å². The van der Waals surface area contributed by atoms with Crippen LogP contribution >= 0.6 is 0 Å². The van der Waals surface area contributed by atoms with Gasteiger partial charge >= 0.3 is 12.2 Å². The molecule has 0 saturated heterocycles. The Balaban J connectivity index is 2.05. The van der Waals surface area contributed by atoms with Gasteiger partial charge in [-0.1, -0.05) is 30.3 Å². The predicted molar refractivity (Wildman–Crippen MR) is 78.3 cm³/mol. The Labute approximate surface area is 127 Å². The van der Waals surface area contributed by atoms with E-state index in [1.165, 1.54) is 0 Å². The number of carbonyl (C=O) groups excluding carboxylic acids is 2. The van der Waals surface area contributed by atoms with E-state index in [9.17, 15) is 14.4 Å². The van der Waals surface area contributed by atoms with Crippen molar-refractivity contribution in [3.05, 3.63) is 35.9 Å². The fraction of sp³-hybridized carbons (Fsp3) is 0.357. The third kappa shape index (κ3) is 8.41. The number of carbonyl (C=O) groups is 3. The molecular formula is C14H19N3O5. The maximum atomic E-state index is 11.4. The first-order valence-electron chi connectivity index (χ1n) is 6.76. The molecule has 0 bridgehead atoms. The van der Waals surface area contributed by atoms with E-state index in [0.29, 0.717) is 13.0 Å². The molecule has 0 spiro atoms. The Morgan fingerprint density at radius 2 is 1.68 bits per heavy atom. The number of benzene rings is 1. The lowest BCUT2D eigenvalue weighted by Crippen LogP contribution is -2.38. The molecule has 0 saturated carbocycles. The normalized spacial score (nSPS) is 9.64. The number of rotatable bonds is 8. The van der Waals surface area contributed by atoms with Gasteiger partial charge in [-0.15, -0.1) is 0 Å². The smallest absolute Gasteiger partial charge is 0.407 e. The molecule has 22 heavy (non-hydrogen) atoms. The third-order valence-corrected chi connectivity index (χ3v) is 2.56. The number of nitrogens with one attached hydrogen (secondary N) is 3. The summed E-state index contributed by atoms with van der Waals surface area (Å²) in [7, 11) is 0. The molecule has 8 heteroatoms. The molecule has 1 rings (SSSR count). The molecule has 0 aliphatic rings. The minimum atomic E-state index is -1.10. The minimum absolute atomic E-state index is 0.134. The fourth-order valence-electron chi connectivity index (χ4n) is 1.50. The number of carboxylic acid groups (broad SMARTS) is 1. The van der Waals surface area contributed by atoms with E-state index in [4.69, 9.17) is 9.84 Å². The lowest BCUT2D eigenvalue weighted by atomic mass is 10.2. The van der Waals surface area contributed by atoms with Crippen LogP contribution in [0.2, 0.25) is 0 Å². The summed E-state index contributed by atoms with van der Waals surface area (Å²) in [6.45, 7) is 0.511. The number of hydrogen-bond acceptors (Lipinski definition) is 4. The largest absolute Gasteiger partial charge is 0.465 e.